The quantitative estimate of drug-likeness (QED) is 0.114. The zero-order valence-electron chi connectivity index (χ0n) is 20.7. The van der Waals surface area contributed by atoms with Gasteiger partial charge in [-0.3, -0.25) is 9.11 Å². The van der Waals surface area contributed by atoms with Crippen LogP contribution >= 0.6 is 0 Å². The summed E-state index contributed by atoms with van der Waals surface area (Å²) in [5, 5.41) is 16.2. The fourth-order valence-corrected chi connectivity index (χ4v) is 2.90. The molecule has 4 N–H and O–H groups in total. The van der Waals surface area contributed by atoms with Crippen molar-refractivity contribution in [3.8, 4) is 0 Å². The summed E-state index contributed by atoms with van der Waals surface area (Å²) in [5.74, 6) is -44.1. The van der Waals surface area contributed by atoms with Gasteiger partial charge in [0, 0.05) is 26.1 Å². The fourth-order valence-electron chi connectivity index (χ4n) is 1.87. The third-order valence-corrected chi connectivity index (χ3v) is 5.77. The van der Waals surface area contributed by atoms with E-state index in [4.69, 9.17) is 19.3 Å². The van der Waals surface area contributed by atoms with Gasteiger partial charge in [0.1, 0.15) is 0 Å². The Labute approximate surface area is 234 Å². The Balaban J connectivity index is -0.000000644. The van der Waals surface area contributed by atoms with Gasteiger partial charge >= 0.3 is 47.9 Å². The van der Waals surface area contributed by atoms with Gasteiger partial charge in [0.05, 0.1) is 11.5 Å². The molecule has 0 aliphatic carbocycles. The molecule has 0 radical (unpaired) electrons. The fraction of sp³-hybridized carbons (Fsp3) is 1.00. The van der Waals surface area contributed by atoms with E-state index in [0.717, 1.165) is 12.8 Å². The maximum atomic E-state index is 12.7. The number of aliphatic hydroxyl groups excluding tert-OH is 2. The highest BCUT2D eigenvalue weighted by molar-refractivity contribution is 7.86. The third kappa shape index (κ3) is 13.1. The van der Waals surface area contributed by atoms with E-state index in [0.29, 0.717) is 0 Å². The van der Waals surface area contributed by atoms with Crippen LogP contribution in [0.2, 0.25) is 0 Å². The van der Waals surface area contributed by atoms with Crippen LogP contribution < -0.4 is 0 Å². The minimum Gasteiger partial charge on any atom is -0.396 e. The molecule has 0 aliphatic rings. The topological polar surface area (TPSA) is 149 Å². The van der Waals surface area contributed by atoms with Crippen LogP contribution in [0.1, 0.15) is 25.7 Å². The van der Waals surface area contributed by atoms with Gasteiger partial charge in [0.25, 0.3) is 20.2 Å². The predicted octanol–water partition coefficient (Wildman–Crippen LogP) is 5.22. The van der Waals surface area contributed by atoms with Crippen molar-refractivity contribution >= 4 is 20.2 Å². The molecule has 270 valence electrons. The Hall–Kier alpha value is -1.52. The maximum Gasteiger partial charge on any atom is 0.460 e. The van der Waals surface area contributed by atoms with Crippen LogP contribution in [0.15, 0.2) is 0 Å². The summed E-state index contributed by atoms with van der Waals surface area (Å²) in [5.41, 5.74) is 0. The standard InChI is InChI=1S/2C6H5F9O3S.C4H10O2/c2*7-3(8,1-2-19(16,17)18)4(9,10)5(11,12)6(13,14)15;5-3-1-2-4-6/h2*1-2H2,(H,16,17,18);5-6H,1-4H2. The highest BCUT2D eigenvalue weighted by atomic mass is 32.2. The molecule has 0 heterocycles. The SMILES string of the molecule is O=S(=O)(O)CCC(F)(F)C(F)(F)C(F)(F)C(F)(F)F.O=S(=O)(O)CCC(F)(F)C(F)(F)C(F)(F)C(F)(F)F.OCCCCO. The van der Waals surface area contributed by atoms with E-state index in [2.05, 4.69) is 0 Å². The minimum absolute atomic E-state index is 0.195. The smallest absolute Gasteiger partial charge is 0.396 e. The first-order valence-corrected chi connectivity index (χ1v) is 13.6. The van der Waals surface area contributed by atoms with Crippen molar-refractivity contribution in [2.75, 3.05) is 24.7 Å². The van der Waals surface area contributed by atoms with Crippen molar-refractivity contribution in [1.29, 1.82) is 0 Å². The molecule has 0 fully saturated rings. The van der Waals surface area contributed by atoms with E-state index in [1.165, 1.54) is 0 Å². The number of hydrogen-bond donors (Lipinski definition) is 4. The number of halogens is 18. The van der Waals surface area contributed by atoms with Gasteiger partial charge in [-0.15, -0.1) is 0 Å². The molecule has 0 saturated carbocycles. The third-order valence-electron chi connectivity index (χ3n) is 4.33. The van der Waals surface area contributed by atoms with Crippen LogP contribution in [0.25, 0.3) is 0 Å². The van der Waals surface area contributed by atoms with Crippen molar-refractivity contribution < 1.29 is 115 Å². The van der Waals surface area contributed by atoms with Crippen LogP contribution in [-0.2, 0) is 20.2 Å². The van der Waals surface area contributed by atoms with Crippen molar-refractivity contribution in [3.63, 3.8) is 0 Å². The molecule has 0 spiro atoms. The van der Waals surface area contributed by atoms with Gasteiger partial charge in [0.2, 0.25) is 0 Å². The first-order valence-electron chi connectivity index (χ1n) is 10.4. The lowest BCUT2D eigenvalue weighted by Gasteiger charge is -2.33. The Morgan fingerprint density at radius 1 is 0.409 bits per heavy atom. The van der Waals surface area contributed by atoms with Crippen LogP contribution in [-0.4, -0.2) is 109 Å². The van der Waals surface area contributed by atoms with Gasteiger partial charge in [0.15, 0.2) is 0 Å². The molecule has 0 atom stereocenters. The average molecular weight is 746 g/mol. The summed E-state index contributed by atoms with van der Waals surface area (Å²) in [6.45, 7) is 0.390. The molecule has 8 nitrogen and oxygen atoms in total. The van der Waals surface area contributed by atoms with Crippen molar-refractivity contribution in [3.05, 3.63) is 0 Å². The summed E-state index contributed by atoms with van der Waals surface area (Å²) < 4.78 is 276. The van der Waals surface area contributed by atoms with E-state index >= 15 is 0 Å². The van der Waals surface area contributed by atoms with Gasteiger partial charge in [-0.1, -0.05) is 0 Å². The van der Waals surface area contributed by atoms with Crippen LogP contribution in [0.4, 0.5) is 79.0 Å². The second-order valence-corrected chi connectivity index (χ2v) is 11.1. The lowest BCUT2D eigenvalue weighted by Crippen LogP contribution is -2.61. The van der Waals surface area contributed by atoms with E-state index in [9.17, 15) is 95.9 Å². The Bertz CT molecular complexity index is 999. The highest BCUT2D eigenvalue weighted by Crippen LogP contribution is 2.55. The monoisotopic (exact) mass is 746 g/mol. The summed E-state index contributed by atoms with van der Waals surface area (Å²) in [7, 11) is -10.5. The summed E-state index contributed by atoms with van der Waals surface area (Å²) in [6, 6.07) is 0. The van der Waals surface area contributed by atoms with Crippen molar-refractivity contribution in [2.24, 2.45) is 0 Å². The first kappa shape index (κ1) is 46.9. The van der Waals surface area contributed by atoms with Crippen molar-refractivity contribution in [1.82, 2.24) is 0 Å². The second-order valence-electron chi connectivity index (χ2n) is 7.93. The normalized spacial score (nSPS) is 14.8. The molecule has 0 aromatic carbocycles. The predicted molar refractivity (Wildman–Crippen MR) is 107 cm³/mol. The summed E-state index contributed by atoms with van der Waals surface area (Å²) >= 11 is 0. The van der Waals surface area contributed by atoms with Crippen molar-refractivity contribution in [2.45, 2.75) is 73.6 Å². The summed E-state index contributed by atoms with van der Waals surface area (Å²) in [6.07, 6.45) is -17.7. The van der Waals surface area contributed by atoms with Crippen LogP contribution in [0.3, 0.4) is 0 Å². The number of aliphatic hydroxyl groups is 2. The highest BCUT2D eigenvalue weighted by Gasteiger charge is 2.82. The number of hydrogen-bond acceptors (Lipinski definition) is 6. The molecule has 0 aliphatic heterocycles. The minimum atomic E-state index is -7.07. The van der Waals surface area contributed by atoms with Gasteiger partial charge < -0.3 is 10.2 Å². The molecular weight excluding hydrogens is 726 g/mol. The van der Waals surface area contributed by atoms with Gasteiger partial charge in [-0.05, 0) is 12.8 Å². The average Bonchev–Trinajstić information content (AvgIpc) is 2.78. The zero-order chi connectivity index (χ0) is 36.7. The number of alkyl halides is 18. The molecular formula is C16H20F18O8S2. The molecule has 0 bridgehead atoms. The molecule has 0 aromatic heterocycles. The van der Waals surface area contributed by atoms with E-state index in [1.54, 1.807) is 0 Å². The summed E-state index contributed by atoms with van der Waals surface area (Å²) in [4.78, 5) is 0. The Morgan fingerprint density at radius 3 is 0.750 bits per heavy atom. The Kier molecular flexibility index (Phi) is 16.4. The molecule has 0 unspecified atom stereocenters. The lowest BCUT2D eigenvalue weighted by atomic mass is 10.0. The maximum absolute atomic E-state index is 12.7. The molecule has 0 saturated heterocycles. The Morgan fingerprint density at radius 2 is 0.614 bits per heavy atom. The lowest BCUT2D eigenvalue weighted by molar-refractivity contribution is -0.396. The van der Waals surface area contributed by atoms with Crippen LogP contribution in [0.5, 0.6) is 0 Å². The van der Waals surface area contributed by atoms with E-state index in [-0.39, 0.29) is 13.2 Å². The second kappa shape index (κ2) is 15.4. The van der Waals surface area contributed by atoms with E-state index < -0.39 is 92.5 Å². The molecule has 0 aromatic rings. The number of rotatable bonds is 13. The number of unbranched alkanes of at least 4 members (excludes halogenated alkanes) is 1. The van der Waals surface area contributed by atoms with Gasteiger partial charge in [-0.2, -0.15) is 95.9 Å². The van der Waals surface area contributed by atoms with E-state index in [1.807, 2.05) is 0 Å². The zero-order valence-corrected chi connectivity index (χ0v) is 22.3. The first-order chi connectivity index (χ1) is 18.8. The largest absolute Gasteiger partial charge is 0.460 e. The molecule has 44 heavy (non-hydrogen) atoms. The molecule has 28 heteroatoms. The van der Waals surface area contributed by atoms with Gasteiger partial charge in [-0.25, -0.2) is 0 Å². The van der Waals surface area contributed by atoms with Crippen LogP contribution in [0, 0.1) is 0 Å². The molecule has 0 amide bonds. The molecule has 0 rings (SSSR count).